The fourth-order valence-electron chi connectivity index (χ4n) is 2.65. The number of carbonyl (C=O) groups excluding carboxylic acids is 1. The molecule has 6 heteroatoms. The van der Waals surface area contributed by atoms with Crippen LogP contribution in [-0.2, 0) is 6.42 Å². The number of fused-ring (bicyclic) bond motifs is 1. The molecule has 0 bridgehead atoms. The zero-order chi connectivity index (χ0) is 15.0. The molecule has 0 saturated carbocycles. The molecule has 1 amide bonds. The van der Waals surface area contributed by atoms with Crippen LogP contribution in [0.5, 0.6) is 0 Å². The maximum absolute atomic E-state index is 11.3. The van der Waals surface area contributed by atoms with Crippen LogP contribution in [0.25, 0.3) is 0 Å². The Kier molecular flexibility index (Phi) is 4.42. The number of carbonyl (C=O) groups is 1. The van der Waals surface area contributed by atoms with E-state index in [0.29, 0.717) is 10.6 Å². The third-order valence-electron chi connectivity index (χ3n) is 3.66. The summed E-state index contributed by atoms with van der Waals surface area (Å²) >= 11 is 10.5. The first-order valence-electron chi connectivity index (χ1n) is 6.68. The van der Waals surface area contributed by atoms with Crippen molar-refractivity contribution in [1.82, 2.24) is 0 Å². The van der Waals surface area contributed by atoms with Crippen LogP contribution >= 0.6 is 45.5 Å². The van der Waals surface area contributed by atoms with Gasteiger partial charge in [-0.25, -0.2) is 0 Å². The summed E-state index contributed by atoms with van der Waals surface area (Å²) in [5.41, 5.74) is 7.93. The molecule has 3 nitrogen and oxygen atoms in total. The average molecular weight is 433 g/mol. The third-order valence-corrected chi connectivity index (χ3v) is 5.96. The van der Waals surface area contributed by atoms with Gasteiger partial charge in [-0.3, -0.25) is 4.79 Å². The summed E-state index contributed by atoms with van der Waals surface area (Å²) in [4.78, 5) is 12.8. The van der Waals surface area contributed by atoms with Gasteiger partial charge in [-0.2, -0.15) is 0 Å². The largest absolute Gasteiger partial charge is 0.377 e. The number of nitrogens with one attached hydrogen (secondary N) is 1. The molecular formula is C15H14ClIN2OS. The van der Waals surface area contributed by atoms with Crippen molar-refractivity contribution in [1.29, 1.82) is 0 Å². The molecule has 3 rings (SSSR count). The molecule has 3 N–H and O–H groups in total. The number of benzene rings is 1. The summed E-state index contributed by atoms with van der Waals surface area (Å²) in [6.45, 7) is 0. The number of thiophene rings is 1. The molecule has 2 aromatic rings. The second kappa shape index (κ2) is 6.14. The molecule has 1 heterocycles. The monoisotopic (exact) mass is 432 g/mol. The van der Waals surface area contributed by atoms with Crippen molar-refractivity contribution in [3.63, 3.8) is 0 Å². The van der Waals surface area contributed by atoms with Crippen molar-refractivity contribution in [2.75, 3.05) is 5.32 Å². The van der Waals surface area contributed by atoms with Crippen molar-refractivity contribution in [3.8, 4) is 0 Å². The summed E-state index contributed by atoms with van der Waals surface area (Å²) in [5, 5.41) is 4.09. The lowest BCUT2D eigenvalue weighted by Gasteiger charge is -2.25. The molecule has 1 aromatic heterocycles. The second-order valence-electron chi connectivity index (χ2n) is 5.08. The zero-order valence-electron chi connectivity index (χ0n) is 11.2. The minimum Gasteiger partial charge on any atom is -0.377 e. The van der Waals surface area contributed by atoms with E-state index in [1.54, 1.807) is 18.2 Å². The molecule has 1 aliphatic carbocycles. The number of nitrogens with two attached hydrogens (primary N) is 1. The number of rotatable bonds is 3. The van der Waals surface area contributed by atoms with Crippen molar-refractivity contribution < 1.29 is 4.79 Å². The number of amides is 1. The molecule has 21 heavy (non-hydrogen) atoms. The van der Waals surface area contributed by atoms with Crippen LogP contribution in [0.3, 0.4) is 0 Å². The number of halogens is 2. The molecule has 0 aliphatic heterocycles. The van der Waals surface area contributed by atoms with E-state index in [-0.39, 0.29) is 6.04 Å². The third kappa shape index (κ3) is 3.19. The number of primary amides is 1. The second-order valence-corrected chi connectivity index (χ2v) is 8.52. The van der Waals surface area contributed by atoms with E-state index in [2.05, 4.69) is 34.0 Å². The maximum Gasteiger partial charge on any atom is 0.248 e. The van der Waals surface area contributed by atoms with Crippen molar-refractivity contribution >= 4 is 57.1 Å². The first-order valence-corrected chi connectivity index (χ1v) is 8.96. The highest BCUT2D eigenvalue weighted by molar-refractivity contribution is 14.1. The number of anilines is 1. The van der Waals surface area contributed by atoms with E-state index >= 15 is 0 Å². The van der Waals surface area contributed by atoms with Crippen LogP contribution in [0.4, 0.5) is 5.69 Å². The zero-order valence-corrected chi connectivity index (χ0v) is 14.9. The van der Waals surface area contributed by atoms with Crippen molar-refractivity contribution in [2.45, 2.75) is 25.3 Å². The van der Waals surface area contributed by atoms with Crippen molar-refractivity contribution in [3.05, 3.63) is 48.2 Å². The van der Waals surface area contributed by atoms with E-state index in [1.807, 2.05) is 11.3 Å². The van der Waals surface area contributed by atoms with Crippen LogP contribution in [0.1, 0.15) is 39.7 Å². The number of hydrogen-bond acceptors (Lipinski definition) is 3. The standard InChI is InChI=1S/C15H14ClIN2OS/c16-10-5-4-8(15(18)20)6-12(10)19-11-2-1-3-13-9(11)7-14(17)21-13/h4-7,11,19H,1-3H2,(H2,18,20). The van der Waals surface area contributed by atoms with Gasteiger partial charge < -0.3 is 11.1 Å². The fourth-order valence-corrected chi connectivity index (χ4v) is 4.94. The van der Waals surface area contributed by atoms with Gasteiger partial charge in [-0.1, -0.05) is 11.6 Å². The molecule has 110 valence electrons. The molecule has 1 unspecified atom stereocenters. The van der Waals surface area contributed by atoms with Crippen LogP contribution in [-0.4, -0.2) is 5.91 Å². The van der Waals surface area contributed by atoms with E-state index in [4.69, 9.17) is 17.3 Å². The van der Waals surface area contributed by atoms with Crippen molar-refractivity contribution in [2.24, 2.45) is 5.73 Å². The van der Waals surface area contributed by atoms with Gasteiger partial charge in [0.25, 0.3) is 0 Å². The Hall–Kier alpha value is -0.790. The Bertz CT molecular complexity index is 701. The first-order chi connectivity index (χ1) is 10.0. The lowest BCUT2D eigenvalue weighted by molar-refractivity contribution is 0.100. The first kappa shape index (κ1) is 15.1. The predicted octanol–water partition coefficient (Wildman–Crippen LogP) is 4.59. The smallest absolute Gasteiger partial charge is 0.248 e. The van der Waals surface area contributed by atoms with Crippen LogP contribution < -0.4 is 11.1 Å². The SMILES string of the molecule is NC(=O)c1ccc(Cl)c(NC2CCCc3sc(I)cc32)c1. The number of aryl methyl sites for hydroxylation is 1. The molecule has 0 radical (unpaired) electrons. The van der Waals surface area contributed by atoms with Gasteiger partial charge in [0.15, 0.2) is 0 Å². The van der Waals surface area contributed by atoms with Crippen LogP contribution in [0.2, 0.25) is 5.02 Å². The van der Waals surface area contributed by atoms with Crippen LogP contribution in [0.15, 0.2) is 24.3 Å². The molecule has 0 spiro atoms. The highest BCUT2D eigenvalue weighted by Crippen LogP contribution is 2.39. The molecule has 0 fully saturated rings. The molecule has 1 atom stereocenters. The topological polar surface area (TPSA) is 55.1 Å². The van der Waals surface area contributed by atoms with E-state index in [1.165, 1.54) is 13.3 Å². The van der Waals surface area contributed by atoms with E-state index in [9.17, 15) is 4.79 Å². The van der Waals surface area contributed by atoms with E-state index < -0.39 is 5.91 Å². The number of hydrogen-bond donors (Lipinski definition) is 2. The lowest BCUT2D eigenvalue weighted by atomic mass is 9.94. The highest BCUT2D eigenvalue weighted by atomic mass is 127. The van der Waals surface area contributed by atoms with Gasteiger partial charge in [0, 0.05) is 10.4 Å². The highest BCUT2D eigenvalue weighted by Gasteiger charge is 2.23. The summed E-state index contributed by atoms with van der Waals surface area (Å²) in [6, 6.07) is 7.58. The summed E-state index contributed by atoms with van der Waals surface area (Å²) in [6.07, 6.45) is 3.38. The van der Waals surface area contributed by atoms with Gasteiger partial charge in [-0.05, 0) is 71.7 Å². The molecule has 1 aromatic carbocycles. The molecule has 1 aliphatic rings. The fraction of sp³-hybridized carbons (Fsp3) is 0.267. The lowest BCUT2D eigenvalue weighted by Crippen LogP contribution is -2.17. The maximum atomic E-state index is 11.3. The average Bonchev–Trinajstić information content (AvgIpc) is 2.82. The van der Waals surface area contributed by atoms with Gasteiger partial charge in [0.2, 0.25) is 5.91 Å². The van der Waals surface area contributed by atoms with Gasteiger partial charge >= 0.3 is 0 Å². The summed E-state index contributed by atoms with van der Waals surface area (Å²) < 4.78 is 1.31. The molecule has 0 saturated heterocycles. The Labute approximate surface area is 146 Å². The van der Waals surface area contributed by atoms with Gasteiger partial charge in [0.05, 0.1) is 19.6 Å². The van der Waals surface area contributed by atoms with Gasteiger partial charge in [-0.15, -0.1) is 11.3 Å². The van der Waals surface area contributed by atoms with E-state index in [0.717, 1.165) is 24.9 Å². The summed E-state index contributed by atoms with van der Waals surface area (Å²) in [5.74, 6) is -0.441. The Morgan fingerprint density at radius 2 is 2.24 bits per heavy atom. The minimum absolute atomic E-state index is 0.245. The Balaban J connectivity index is 1.91. The van der Waals surface area contributed by atoms with Gasteiger partial charge in [0.1, 0.15) is 0 Å². The Morgan fingerprint density at radius 1 is 1.43 bits per heavy atom. The predicted molar refractivity (Wildman–Crippen MR) is 96.3 cm³/mol. The normalized spacial score (nSPS) is 17.3. The minimum atomic E-state index is -0.441. The summed E-state index contributed by atoms with van der Waals surface area (Å²) in [7, 11) is 0. The molecular weight excluding hydrogens is 419 g/mol. The quantitative estimate of drug-likeness (QED) is 0.697. The van der Waals surface area contributed by atoms with Crippen LogP contribution in [0, 0.1) is 2.88 Å². The Morgan fingerprint density at radius 3 is 3.00 bits per heavy atom.